The Labute approximate surface area is 260 Å². The molecule has 6 rings (SSSR count). The first-order valence-electron chi connectivity index (χ1n) is 15.4. The first-order chi connectivity index (χ1) is 21.3. The van der Waals surface area contributed by atoms with Crippen LogP contribution < -0.4 is 4.74 Å². The van der Waals surface area contributed by atoms with E-state index in [9.17, 15) is 29.4 Å². The summed E-state index contributed by atoms with van der Waals surface area (Å²) < 4.78 is 52.0. The van der Waals surface area contributed by atoms with Crippen LogP contribution in [0.15, 0.2) is 72.3 Å². The molecule has 4 aliphatic carbocycles. The van der Waals surface area contributed by atoms with Gasteiger partial charge >= 0.3 is 5.97 Å². The summed E-state index contributed by atoms with van der Waals surface area (Å²) in [5.74, 6) is -4.39. The maximum atomic E-state index is 17.4. The zero-order valence-corrected chi connectivity index (χ0v) is 25.2. The lowest BCUT2D eigenvalue weighted by molar-refractivity contribution is -0.204. The van der Waals surface area contributed by atoms with Gasteiger partial charge in [-0.1, -0.05) is 37.3 Å². The molecule has 10 heteroatoms. The second kappa shape index (κ2) is 11.4. The van der Waals surface area contributed by atoms with E-state index in [-0.39, 0.29) is 50.3 Å². The van der Waals surface area contributed by atoms with Crippen molar-refractivity contribution in [2.75, 3.05) is 6.54 Å². The van der Waals surface area contributed by atoms with Crippen LogP contribution in [0.4, 0.5) is 13.2 Å². The summed E-state index contributed by atoms with van der Waals surface area (Å²) in [5, 5.41) is 33.8. The van der Waals surface area contributed by atoms with Gasteiger partial charge in [-0.25, -0.2) is 13.2 Å². The fourth-order valence-corrected chi connectivity index (χ4v) is 9.03. The molecule has 2 aromatic rings. The van der Waals surface area contributed by atoms with E-state index < -0.39 is 64.2 Å². The van der Waals surface area contributed by atoms with E-state index in [2.05, 4.69) is 0 Å². The van der Waals surface area contributed by atoms with Crippen LogP contribution in [0.3, 0.4) is 0 Å². The molecular formula is C35H38F3NO6. The summed E-state index contributed by atoms with van der Waals surface area (Å²) in [4.78, 5) is 24.8. The molecule has 0 saturated heterocycles. The molecule has 7 nitrogen and oxygen atoms in total. The van der Waals surface area contributed by atoms with E-state index in [1.54, 1.807) is 43.3 Å². The van der Waals surface area contributed by atoms with Gasteiger partial charge in [-0.15, -0.1) is 0 Å². The van der Waals surface area contributed by atoms with Gasteiger partial charge in [0.15, 0.2) is 11.5 Å². The maximum Gasteiger partial charge on any atom is 0.307 e. The molecule has 0 unspecified atom stereocenters. The summed E-state index contributed by atoms with van der Waals surface area (Å²) in [6.45, 7) is 3.60. The van der Waals surface area contributed by atoms with Gasteiger partial charge in [-0.3, -0.25) is 9.59 Å². The maximum absolute atomic E-state index is 17.4. The number of carboxylic acids is 1. The second-order valence-electron chi connectivity index (χ2n) is 13.7. The van der Waals surface area contributed by atoms with E-state index in [0.717, 1.165) is 22.3 Å². The number of halogens is 3. The largest absolute Gasteiger partial charge is 0.489 e. The van der Waals surface area contributed by atoms with Crippen LogP contribution in [0, 0.1) is 40.3 Å². The number of aliphatic hydroxyl groups is 1. The lowest BCUT2D eigenvalue weighted by Gasteiger charge is -2.62. The van der Waals surface area contributed by atoms with E-state index in [4.69, 9.17) is 4.74 Å². The molecule has 0 spiro atoms. The van der Waals surface area contributed by atoms with Gasteiger partial charge in [0.2, 0.25) is 0 Å². The minimum absolute atomic E-state index is 0.0101. The van der Waals surface area contributed by atoms with Crippen LogP contribution in [0.5, 0.6) is 5.75 Å². The van der Waals surface area contributed by atoms with Crippen molar-refractivity contribution in [3.63, 3.8) is 0 Å². The number of aliphatic hydroxyl groups excluding tert-OH is 1. The minimum Gasteiger partial charge on any atom is -0.489 e. The van der Waals surface area contributed by atoms with Crippen molar-refractivity contribution >= 4 is 11.8 Å². The predicted molar refractivity (Wildman–Crippen MR) is 158 cm³/mol. The molecule has 9 atom stereocenters. The standard InChI is InChI=1S/C35H38F3NO6/c1-33-16-30(41)35(38)27(15-29(37)28-14-24(40)11-12-34(28,35)2)26(33)13-22(31(33)32(42)43)18-39(44)17-20-5-9-25(10-6-20)45-19-21-3-7-23(36)8-4-21/h3-12,14,22,26-27,29-31,41,44H,13,15-19H2,1-2H3,(H,42,43)/t22-,26-,27-,29-,30-,31+,33-,34-,35-/m0/s1. The number of hydroxylamine groups is 2. The lowest BCUT2D eigenvalue weighted by Crippen LogP contribution is -2.68. The highest BCUT2D eigenvalue weighted by molar-refractivity contribution is 6.01. The Hall–Kier alpha value is -3.47. The highest BCUT2D eigenvalue weighted by Crippen LogP contribution is 2.70. The number of hydrogen-bond acceptors (Lipinski definition) is 6. The van der Waals surface area contributed by atoms with Crippen LogP contribution in [0.2, 0.25) is 0 Å². The van der Waals surface area contributed by atoms with Gasteiger partial charge in [-0.2, -0.15) is 5.06 Å². The molecule has 3 saturated carbocycles. The number of rotatable bonds is 8. The average molecular weight is 626 g/mol. The van der Waals surface area contributed by atoms with Crippen LogP contribution in [0.25, 0.3) is 0 Å². The number of nitrogens with zero attached hydrogens (tertiary/aromatic N) is 1. The predicted octanol–water partition coefficient (Wildman–Crippen LogP) is 5.84. The summed E-state index contributed by atoms with van der Waals surface area (Å²) >= 11 is 0. The molecule has 45 heavy (non-hydrogen) atoms. The Kier molecular flexibility index (Phi) is 7.98. The highest BCUT2D eigenvalue weighted by atomic mass is 19.1. The number of carbonyl (C=O) groups excluding carboxylic acids is 1. The highest BCUT2D eigenvalue weighted by Gasteiger charge is 2.73. The van der Waals surface area contributed by atoms with Crippen molar-refractivity contribution < 1.29 is 42.9 Å². The van der Waals surface area contributed by atoms with Gasteiger partial charge in [-0.05, 0) is 96.6 Å². The summed E-state index contributed by atoms with van der Waals surface area (Å²) in [6.07, 6.45) is 0.390. The molecule has 0 aliphatic heterocycles. The molecular weight excluding hydrogens is 587 g/mol. The van der Waals surface area contributed by atoms with E-state index in [0.29, 0.717) is 5.75 Å². The zero-order chi connectivity index (χ0) is 32.3. The van der Waals surface area contributed by atoms with Gasteiger partial charge in [0.1, 0.15) is 24.3 Å². The fraction of sp³-hybridized carbons (Fsp3) is 0.486. The normalized spacial score (nSPS) is 37.1. The summed E-state index contributed by atoms with van der Waals surface area (Å²) in [5.41, 5.74) is -3.29. The molecule has 0 heterocycles. The van der Waals surface area contributed by atoms with Gasteiger partial charge in [0.05, 0.1) is 12.0 Å². The van der Waals surface area contributed by atoms with Crippen molar-refractivity contribution in [2.45, 2.75) is 64.2 Å². The molecule has 0 amide bonds. The Morgan fingerprint density at radius 1 is 1.04 bits per heavy atom. The molecule has 0 radical (unpaired) electrons. The number of hydrogen-bond donors (Lipinski definition) is 3. The van der Waals surface area contributed by atoms with Crippen LogP contribution in [-0.4, -0.2) is 56.7 Å². The number of benzene rings is 2. The van der Waals surface area contributed by atoms with Crippen molar-refractivity contribution in [2.24, 2.45) is 34.5 Å². The molecule has 4 aliphatic rings. The third-order valence-electron chi connectivity index (χ3n) is 11.1. The monoisotopic (exact) mass is 625 g/mol. The molecule has 2 aromatic carbocycles. The zero-order valence-electron chi connectivity index (χ0n) is 25.2. The molecule has 3 fully saturated rings. The Bertz CT molecular complexity index is 1530. The van der Waals surface area contributed by atoms with Crippen LogP contribution >= 0.6 is 0 Å². The van der Waals surface area contributed by atoms with Gasteiger partial charge in [0.25, 0.3) is 0 Å². The number of carbonyl (C=O) groups is 2. The third kappa shape index (κ3) is 5.20. The van der Waals surface area contributed by atoms with Crippen molar-refractivity contribution in [1.29, 1.82) is 0 Å². The van der Waals surface area contributed by atoms with E-state index in [1.165, 1.54) is 31.2 Å². The molecule has 0 bridgehead atoms. The van der Waals surface area contributed by atoms with Crippen LogP contribution in [-0.2, 0) is 22.7 Å². The third-order valence-corrected chi connectivity index (χ3v) is 11.1. The Morgan fingerprint density at radius 3 is 2.38 bits per heavy atom. The average Bonchev–Trinajstić information content (AvgIpc) is 3.27. The number of carboxylic acid groups (broad SMARTS) is 1. The lowest BCUT2D eigenvalue weighted by atomic mass is 9.45. The number of aliphatic carboxylic acids is 1. The summed E-state index contributed by atoms with van der Waals surface area (Å²) in [6, 6.07) is 13.0. The van der Waals surface area contributed by atoms with Crippen molar-refractivity contribution in [1.82, 2.24) is 5.06 Å². The topological polar surface area (TPSA) is 107 Å². The van der Waals surface area contributed by atoms with Crippen LogP contribution in [0.1, 0.15) is 44.2 Å². The van der Waals surface area contributed by atoms with Gasteiger partial charge < -0.3 is 20.2 Å². The van der Waals surface area contributed by atoms with E-state index >= 15 is 8.78 Å². The molecule has 3 N–H and O–H groups in total. The quantitative estimate of drug-likeness (QED) is 0.317. The van der Waals surface area contributed by atoms with Crippen molar-refractivity contribution in [3.8, 4) is 5.75 Å². The number of alkyl halides is 2. The first-order valence-corrected chi connectivity index (χ1v) is 15.4. The van der Waals surface area contributed by atoms with E-state index in [1.807, 2.05) is 0 Å². The summed E-state index contributed by atoms with van der Waals surface area (Å²) in [7, 11) is 0. The van der Waals surface area contributed by atoms with Gasteiger partial charge in [0, 0.05) is 24.4 Å². The Morgan fingerprint density at radius 2 is 1.71 bits per heavy atom. The number of allylic oxidation sites excluding steroid dienone is 4. The number of fused-ring (bicyclic) bond motifs is 5. The number of ether oxygens (including phenoxy) is 1. The minimum atomic E-state index is -2.29. The molecule has 240 valence electrons. The smallest absolute Gasteiger partial charge is 0.307 e. The first kappa shape index (κ1) is 31.5. The SMILES string of the molecule is C[C@]12C[C@H](O)[C@@]3(F)[C@@H](C[C@H](F)C4=CC(=O)C=C[C@@]43C)[C@@H]1C[C@@H](CN(O)Cc1ccc(OCc3ccc(F)cc3)cc1)[C@@H]2C(=O)O. The Balaban J connectivity index is 1.17. The number of ketones is 1. The fourth-order valence-electron chi connectivity index (χ4n) is 9.03. The second-order valence-corrected chi connectivity index (χ2v) is 13.7. The molecule has 0 aromatic heterocycles. The van der Waals surface area contributed by atoms with Crippen molar-refractivity contribution in [3.05, 3.63) is 89.3 Å².